The summed E-state index contributed by atoms with van der Waals surface area (Å²) in [6.45, 7) is 1.67. The zero-order valence-electron chi connectivity index (χ0n) is 22.7. The Balaban J connectivity index is 2.08. The van der Waals surface area contributed by atoms with Crippen LogP contribution in [0.25, 0.3) is 38.6 Å². The van der Waals surface area contributed by atoms with Gasteiger partial charge in [-0.1, -0.05) is 60.2 Å². The standard InChI is InChI=1S/C25H3B16N/c1-2-7(26)9(28)3(10(29)8(2)27)4-11(30)19(38)25(20(39)12(4)31)42-23-5(13(32)15(34)17(36)21(23)40)6-14(33)16(35)18(37)22(41)24(6)42/h1H3. The van der Waals surface area contributed by atoms with Crippen LogP contribution < -0.4 is 87.4 Å². The third-order valence-corrected chi connectivity index (χ3v) is 7.99. The second-order valence-corrected chi connectivity index (χ2v) is 10.1. The van der Waals surface area contributed by atoms with Gasteiger partial charge < -0.3 is 4.57 Å². The first kappa shape index (κ1) is 31.2. The number of hydrogen-bond acceptors (Lipinski definition) is 0. The van der Waals surface area contributed by atoms with Crippen LogP contribution in [0.3, 0.4) is 0 Å². The van der Waals surface area contributed by atoms with Gasteiger partial charge in [-0.3, -0.25) is 0 Å². The Morgan fingerprint density at radius 1 is 0.310 bits per heavy atom. The molecule has 17 heteroatoms. The molecular weight excluding hydrogens is 487 g/mol. The van der Waals surface area contributed by atoms with Gasteiger partial charge in [-0.15, -0.1) is 32.8 Å². The molecule has 0 unspecified atom stereocenters. The van der Waals surface area contributed by atoms with E-state index < -0.39 is 0 Å². The van der Waals surface area contributed by atoms with Crippen LogP contribution in [-0.4, -0.2) is 130 Å². The second kappa shape index (κ2) is 10.4. The van der Waals surface area contributed by atoms with E-state index in [1.807, 2.05) is 0 Å². The SMILES string of the molecule is [B]c1c([B])c(-c2c([B])c([B])c(-n3c4c([B])c([B])c([B])c([B])c4c4c([B])c([B])c([B])c([B])c43)c([B])c2[B])c([B])c([B])c1C. The van der Waals surface area contributed by atoms with Gasteiger partial charge in [0.05, 0.1) is 0 Å². The minimum atomic E-state index is -0.0752. The van der Waals surface area contributed by atoms with Gasteiger partial charge in [0.2, 0.25) is 0 Å². The number of rotatable bonds is 2. The van der Waals surface area contributed by atoms with Crippen molar-refractivity contribution in [3.05, 3.63) is 5.56 Å². The molecule has 0 spiro atoms. The normalized spacial score (nSPS) is 11.5. The summed E-state index contributed by atoms with van der Waals surface area (Å²) in [5, 5.41) is 0.551. The van der Waals surface area contributed by atoms with E-state index in [9.17, 15) is 0 Å². The van der Waals surface area contributed by atoms with Crippen molar-refractivity contribution in [2.75, 3.05) is 0 Å². The average molecular weight is 490 g/mol. The van der Waals surface area contributed by atoms with Crippen LogP contribution in [0.15, 0.2) is 0 Å². The summed E-state index contributed by atoms with van der Waals surface area (Å²) in [4.78, 5) is 0. The molecule has 0 atom stereocenters. The first-order valence-corrected chi connectivity index (χ1v) is 12.3. The lowest BCUT2D eigenvalue weighted by atomic mass is 9.58. The fraction of sp³-hybridized carbons (Fsp3) is 0.0400. The van der Waals surface area contributed by atoms with E-state index in [0.29, 0.717) is 5.56 Å². The van der Waals surface area contributed by atoms with Gasteiger partial charge in [-0.25, -0.2) is 0 Å². The Kier molecular flexibility index (Phi) is 7.73. The molecule has 42 heavy (non-hydrogen) atoms. The van der Waals surface area contributed by atoms with Crippen molar-refractivity contribution in [1.82, 2.24) is 4.57 Å². The summed E-state index contributed by atoms with van der Waals surface area (Å²) in [7, 11) is 103. The van der Waals surface area contributed by atoms with Crippen molar-refractivity contribution < 1.29 is 0 Å². The molecule has 1 heterocycles. The van der Waals surface area contributed by atoms with Gasteiger partial charge in [-0.05, 0) is 28.8 Å². The monoisotopic (exact) mass is 493 g/mol. The van der Waals surface area contributed by atoms with Gasteiger partial charge in [0.1, 0.15) is 126 Å². The molecule has 0 saturated heterocycles. The molecule has 0 bridgehead atoms. The third-order valence-electron chi connectivity index (χ3n) is 7.99. The highest BCUT2D eigenvalue weighted by molar-refractivity contribution is 6.72. The molecule has 156 valence electrons. The fourth-order valence-electron chi connectivity index (χ4n) is 5.49. The van der Waals surface area contributed by atoms with Crippen LogP contribution in [0.4, 0.5) is 0 Å². The van der Waals surface area contributed by atoms with Crippen LogP contribution in [0.1, 0.15) is 5.56 Å². The van der Waals surface area contributed by atoms with Gasteiger partial charge in [0.15, 0.2) is 0 Å². The first-order chi connectivity index (χ1) is 19.5. The summed E-state index contributed by atoms with van der Waals surface area (Å²) >= 11 is 0. The molecule has 0 saturated carbocycles. The molecule has 5 aromatic rings. The zero-order valence-corrected chi connectivity index (χ0v) is 22.7. The van der Waals surface area contributed by atoms with E-state index in [-0.39, 0.29) is 126 Å². The lowest BCUT2D eigenvalue weighted by Gasteiger charge is -2.29. The summed E-state index contributed by atoms with van der Waals surface area (Å²) in [6, 6.07) is 0. The molecule has 0 aliphatic heterocycles. The van der Waals surface area contributed by atoms with Crippen molar-refractivity contribution in [3.8, 4) is 16.8 Å². The Morgan fingerprint density at radius 3 is 0.929 bits per heavy atom. The molecule has 0 fully saturated rings. The molecule has 0 aliphatic carbocycles. The molecule has 32 radical (unpaired) electrons. The lowest BCUT2D eigenvalue weighted by molar-refractivity contribution is 1.22. The first-order valence-electron chi connectivity index (χ1n) is 12.3. The second-order valence-electron chi connectivity index (χ2n) is 10.1. The fourth-order valence-corrected chi connectivity index (χ4v) is 5.49. The van der Waals surface area contributed by atoms with E-state index in [1.54, 1.807) is 6.92 Å². The van der Waals surface area contributed by atoms with E-state index in [1.165, 1.54) is 4.57 Å². The molecule has 0 amide bonds. The zero-order chi connectivity index (χ0) is 31.4. The highest BCUT2D eigenvalue weighted by Crippen LogP contribution is 2.25. The molecular formula is C25H3B16N. The van der Waals surface area contributed by atoms with Gasteiger partial charge in [0, 0.05) is 16.7 Å². The van der Waals surface area contributed by atoms with Gasteiger partial charge >= 0.3 is 0 Å². The molecule has 1 aromatic heterocycles. The Bertz CT molecular complexity index is 1920. The van der Waals surface area contributed by atoms with Crippen LogP contribution in [-0.2, 0) is 0 Å². The summed E-state index contributed by atoms with van der Waals surface area (Å²) in [6.07, 6.45) is 0. The van der Waals surface area contributed by atoms with Crippen molar-refractivity contribution in [1.29, 1.82) is 0 Å². The predicted octanol–water partition coefficient (Wildman–Crippen LogP) is -12.5. The molecule has 4 aromatic carbocycles. The molecule has 1 nitrogen and oxygen atoms in total. The number of nitrogens with zero attached hydrogens (tertiary/aromatic N) is 1. The Morgan fingerprint density at radius 2 is 0.595 bits per heavy atom. The van der Waals surface area contributed by atoms with E-state index in [4.69, 9.17) is 126 Å². The van der Waals surface area contributed by atoms with Gasteiger partial charge in [0.25, 0.3) is 0 Å². The summed E-state index contributed by atoms with van der Waals surface area (Å²) < 4.78 is 1.47. The van der Waals surface area contributed by atoms with Crippen LogP contribution in [0.2, 0.25) is 0 Å². The maximum atomic E-state index is 6.70. The van der Waals surface area contributed by atoms with E-state index in [2.05, 4.69) is 0 Å². The largest absolute Gasteiger partial charge is 0.312 e. The maximum Gasteiger partial charge on any atom is 0.115 e. The predicted molar refractivity (Wildman–Crippen MR) is 197 cm³/mol. The molecule has 5 rings (SSSR count). The van der Waals surface area contributed by atoms with E-state index >= 15 is 0 Å². The number of hydrogen-bond donors (Lipinski definition) is 0. The third kappa shape index (κ3) is 3.93. The Labute approximate surface area is 267 Å². The van der Waals surface area contributed by atoms with Crippen molar-refractivity contribution >= 4 is 235 Å². The van der Waals surface area contributed by atoms with Crippen molar-refractivity contribution in [2.24, 2.45) is 0 Å². The van der Waals surface area contributed by atoms with E-state index in [0.717, 1.165) is 0 Å². The molecule has 0 aliphatic rings. The van der Waals surface area contributed by atoms with Crippen molar-refractivity contribution in [3.63, 3.8) is 0 Å². The number of fused-ring (bicyclic) bond motifs is 3. The minimum Gasteiger partial charge on any atom is -0.312 e. The number of aromatic nitrogens is 1. The van der Waals surface area contributed by atoms with Crippen molar-refractivity contribution in [2.45, 2.75) is 6.92 Å². The molecule has 0 N–H and O–H groups in total. The van der Waals surface area contributed by atoms with Crippen LogP contribution >= 0.6 is 0 Å². The highest BCUT2D eigenvalue weighted by Gasteiger charge is 2.26. The topological polar surface area (TPSA) is 4.93 Å². The quantitative estimate of drug-likeness (QED) is 0.217. The average Bonchev–Trinajstić information content (AvgIpc) is 3.31. The smallest absolute Gasteiger partial charge is 0.115 e. The maximum absolute atomic E-state index is 6.70. The van der Waals surface area contributed by atoms with Gasteiger partial charge in [-0.2, -0.15) is 0 Å². The Hall–Kier alpha value is -2.28. The summed E-state index contributed by atoms with van der Waals surface area (Å²) in [5.74, 6) is 0. The number of benzene rings is 4. The summed E-state index contributed by atoms with van der Waals surface area (Å²) in [5.41, 5.74) is 1.65. The minimum absolute atomic E-state index is 0.0106. The lowest BCUT2D eigenvalue weighted by Crippen LogP contribution is -2.52. The van der Waals surface area contributed by atoms with Crippen LogP contribution in [0.5, 0.6) is 0 Å². The highest BCUT2D eigenvalue weighted by atomic mass is 15.0. The van der Waals surface area contributed by atoms with Crippen LogP contribution in [0, 0.1) is 6.92 Å².